The van der Waals surface area contributed by atoms with Crippen molar-refractivity contribution in [1.29, 1.82) is 0 Å². The number of rotatable bonds is 3. The molecule has 0 spiro atoms. The first-order valence-corrected chi connectivity index (χ1v) is 6.63. The SMILES string of the molecule is NNC(c1cnc2ccsc2c1)C1CCOC1. The normalized spacial score (nSPS) is 22.1. The standard InChI is InChI=1S/C12H15N3OS/c13-15-12(8-1-3-16-7-8)9-5-11-10(14-6-9)2-4-17-11/h2,4-6,8,12,15H,1,3,7,13H2. The maximum Gasteiger partial charge on any atom is 0.0809 e. The number of hydrazine groups is 1. The molecular weight excluding hydrogens is 234 g/mol. The molecule has 90 valence electrons. The molecule has 3 rings (SSSR count). The van der Waals surface area contributed by atoms with Crippen LogP contribution in [0.2, 0.25) is 0 Å². The number of nitrogens with one attached hydrogen (secondary N) is 1. The summed E-state index contributed by atoms with van der Waals surface area (Å²) in [4.78, 5) is 4.46. The topological polar surface area (TPSA) is 60.2 Å². The van der Waals surface area contributed by atoms with Gasteiger partial charge < -0.3 is 4.74 Å². The minimum Gasteiger partial charge on any atom is -0.381 e. The first-order valence-electron chi connectivity index (χ1n) is 5.75. The van der Waals surface area contributed by atoms with Crippen molar-refractivity contribution in [3.63, 3.8) is 0 Å². The summed E-state index contributed by atoms with van der Waals surface area (Å²) in [5, 5.41) is 2.06. The Morgan fingerprint density at radius 2 is 2.53 bits per heavy atom. The Morgan fingerprint density at radius 3 is 3.29 bits per heavy atom. The molecule has 17 heavy (non-hydrogen) atoms. The van der Waals surface area contributed by atoms with E-state index in [4.69, 9.17) is 10.6 Å². The van der Waals surface area contributed by atoms with E-state index < -0.39 is 0 Å². The van der Waals surface area contributed by atoms with E-state index in [-0.39, 0.29) is 6.04 Å². The molecule has 2 atom stereocenters. The molecule has 3 N–H and O–H groups in total. The Morgan fingerprint density at radius 1 is 1.59 bits per heavy atom. The van der Waals surface area contributed by atoms with E-state index in [1.54, 1.807) is 11.3 Å². The van der Waals surface area contributed by atoms with Crippen LogP contribution in [0.5, 0.6) is 0 Å². The molecule has 2 aromatic heterocycles. The van der Waals surface area contributed by atoms with Gasteiger partial charge in [0.15, 0.2) is 0 Å². The molecule has 0 saturated carbocycles. The van der Waals surface area contributed by atoms with Gasteiger partial charge in [-0.1, -0.05) is 0 Å². The molecule has 0 radical (unpaired) electrons. The molecule has 4 nitrogen and oxygen atoms in total. The molecule has 1 fully saturated rings. The molecule has 0 bridgehead atoms. The molecule has 0 aliphatic carbocycles. The van der Waals surface area contributed by atoms with E-state index in [0.29, 0.717) is 5.92 Å². The van der Waals surface area contributed by atoms with Crippen molar-refractivity contribution in [2.75, 3.05) is 13.2 Å². The number of ether oxygens (including phenoxy) is 1. The van der Waals surface area contributed by atoms with Crippen LogP contribution in [0.4, 0.5) is 0 Å². The molecule has 2 aromatic rings. The van der Waals surface area contributed by atoms with Crippen LogP contribution in [-0.4, -0.2) is 18.2 Å². The summed E-state index contributed by atoms with van der Waals surface area (Å²) in [5.74, 6) is 6.12. The average molecular weight is 249 g/mol. The molecule has 1 saturated heterocycles. The fourth-order valence-electron chi connectivity index (χ4n) is 2.35. The van der Waals surface area contributed by atoms with E-state index >= 15 is 0 Å². The second-order valence-corrected chi connectivity index (χ2v) is 5.29. The van der Waals surface area contributed by atoms with E-state index in [1.165, 1.54) is 4.70 Å². The van der Waals surface area contributed by atoms with Gasteiger partial charge >= 0.3 is 0 Å². The first kappa shape index (κ1) is 11.1. The molecule has 1 aliphatic heterocycles. The fourth-order valence-corrected chi connectivity index (χ4v) is 3.14. The molecular formula is C12H15N3OS. The summed E-state index contributed by atoms with van der Waals surface area (Å²) in [7, 11) is 0. The highest BCUT2D eigenvalue weighted by Crippen LogP contribution is 2.30. The number of thiophene rings is 1. The van der Waals surface area contributed by atoms with Gasteiger partial charge in [-0.25, -0.2) is 0 Å². The number of pyridine rings is 1. The van der Waals surface area contributed by atoms with Crippen LogP contribution in [0.1, 0.15) is 18.0 Å². The van der Waals surface area contributed by atoms with Crippen molar-refractivity contribution in [2.45, 2.75) is 12.5 Å². The Hall–Kier alpha value is -1.01. The van der Waals surface area contributed by atoms with Crippen molar-refractivity contribution in [1.82, 2.24) is 10.4 Å². The summed E-state index contributed by atoms with van der Waals surface area (Å²) in [6, 6.07) is 4.35. The van der Waals surface area contributed by atoms with Gasteiger partial charge in [0.2, 0.25) is 0 Å². The molecule has 1 aliphatic rings. The van der Waals surface area contributed by atoms with Crippen LogP contribution in [0.3, 0.4) is 0 Å². The van der Waals surface area contributed by atoms with Crippen molar-refractivity contribution in [3.8, 4) is 0 Å². The van der Waals surface area contributed by atoms with Gasteiger partial charge in [-0.15, -0.1) is 11.3 Å². The molecule has 2 unspecified atom stereocenters. The Labute approximate surface area is 104 Å². The number of aromatic nitrogens is 1. The lowest BCUT2D eigenvalue weighted by Gasteiger charge is -2.21. The largest absolute Gasteiger partial charge is 0.381 e. The molecule has 0 amide bonds. The van der Waals surface area contributed by atoms with Gasteiger partial charge in [-0.3, -0.25) is 16.3 Å². The predicted molar refractivity (Wildman–Crippen MR) is 68.6 cm³/mol. The van der Waals surface area contributed by atoms with Crippen LogP contribution in [-0.2, 0) is 4.74 Å². The zero-order valence-electron chi connectivity index (χ0n) is 9.43. The van der Waals surface area contributed by atoms with Crippen LogP contribution < -0.4 is 11.3 Å². The zero-order chi connectivity index (χ0) is 11.7. The van der Waals surface area contributed by atoms with Gasteiger partial charge in [-0.05, 0) is 29.5 Å². The van der Waals surface area contributed by atoms with Crippen LogP contribution >= 0.6 is 11.3 Å². The lowest BCUT2D eigenvalue weighted by molar-refractivity contribution is 0.177. The third-order valence-corrected chi connectivity index (χ3v) is 4.15. The van der Waals surface area contributed by atoms with Gasteiger partial charge in [0.25, 0.3) is 0 Å². The van der Waals surface area contributed by atoms with E-state index in [0.717, 1.165) is 30.7 Å². The van der Waals surface area contributed by atoms with Crippen LogP contribution in [0.15, 0.2) is 23.7 Å². The van der Waals surface area contributed by atoms with E-state index in [2.05, 4.69) is 21.9 Å². The van der Waals surface area contributed by atoms with Gasteiger partial charge in [0, 0.05) is 18.7 Å². The Kier molecular flexibility index (Phi) is 3.07. The minimum absolute atomic E-state index is 0.136. The van der Waals surface area contributed by atoms with Crippen LogP contribution in [0.25, 0.3) is 10.2 Å². The predicted octanol–water partition coefficient (Wildman–Crippen LogP) is 1.84. The van der Waals surface area contributed by atoms with E-state index in [9.17, 15) is 0 Å². The van der Waals surface area contributed by atoms with Crippen molar-refractivity contribution >= 4 is 21.6 Å². The number of hydrogen-bond donors (Lipinski definition) is 2. The first-order chi connectivity index (χ1) is 8.38. The second-order valence-electron chi connectivity index (χ2n) is 4.34. The molecule has 3 heterocycles. The highest BCUT2D eigenvalue weighted by molar-refractivity contribution is 7.17. The van der Waals surface area contributed by atoms with Gasteiger partial charge in [0.05, 0.1) is 22.9 Å². The number of fused-ring (bicyclic) bond motifs is 1. The van der Waals surface area contributed by atoms with Gasteiger partial charge in [0.1, 0.15) is 0 Å². The fraction of sp³-hybridized carbons (Fsp3) is 0.417. The molecule has 0 aromatic carbocycles. The summed E-state index contributed by atoms with van der Waals surface area (Å²) in [6.45, 7) is 1.61. The summed E-state index contributed by atoms with van der Waals surface area (Å²) in [6.07, 6.45) is 2.97. The van der Waals surface area contributed by atoms with Gasteiger partial charge in [-0.2, -0.15) is 0 Å². The lowest BCUT2D eigenvalue weighted by atomic mass is 9.94. The quantitative estimate of drug-likeness (QED) is 0.643. The minimum atomic E-state index is 0.136. The number of nitrogens with zero attached hydrogens (tertiary/aromatic N) is 1. The highest BCUT2D eigenvalue weighted by atomic mass is 32.1. The lowest BCUT2D eigenvalue weighted by Crippen LogP contribution is -2.33. The van der Waals surface area contributed by atoms with Crippen molar-refractivity contribution < 1.29 is 4.74 Å². The maximum absolute atomic E-state index is 5.67. The number of hydrogen-bond acceptors (Lipinski definition) is 5. The third-order valence-electron chi connectivity index (χ3n) is 3.30. The summed E-state index contributed by atoms with van der Waals surface area (Å²) in [5.41, 5.74) is 5.11. The summed E-state index contributed by atoms with van der Waals surface area (Å²) < 4.78 is 6.63. The zero-order valence-corrected chi connectivity index (χ0v) is 10.2. The third kappa shape index (κ3) is 2.07. The van der Waals surface area contributed by atoms with Crippen molar-refractivity contribution in [2.24, 2.45) is 11.8 Å². The smallest absolute Gasteiger partial charge is 0.0809 e. The Balaban J connectivity index is 1.93. The monoisotopic (exact) mass is 249 g/mol. The highest BCUT2D eigenvalue weighted by Gasteiger charge is 2.26. The maximum atomic E-state index is 5.67. The molecule has 5 heteroatoms. The van der Waals surface area contributed by atoms with Crippen molar-refractivity contribution in [3.05, 3.63) is 29.3 Å². The summed E-state index contributed by atoms with van der Waals surface area (Å²) >= 11 is 1.71. The second kappa shape index (κ2) is 4.70. The van der Waals surface area contributed by atoms with Crippen LogP contribution in [0, 0.1) is 5.92 Å². The average Bonchev–Trinajstić information content (AvgIpc) is 2.99. The Bertz CT molecular complexity index is 507. The number of nitrogens with two attached hydrogens (primary N) is 1. The van der Waals surface area contributed by atoms with E-state index in [1.807, 2.05) is 12.3 Å².